The van der Waals surface area contributed by atoms with Crippen molar-refractivity contribution in [3.63, 3.8) is 0 Å². The number of rotatable bonds is 9. The van der Waals surface area contributed by atoms with Gasteiger partial charge in [-0.25, -0.2) is 4.57 Å². The first-order valence-electron chi connectivity index (χ1n) is 5.60. The first kappa shape index (κ1) is 20.6. The summed E-state index contributed by atoms with van der Waals surface area (Å²) >= 11 is 0. The highest BCUT2D eigenvalue weighted by Crippen LogP contribution is 2.52. The van der Waals surface area contributed by atoms with Crippen LogP contribution in [0.2, 0.25) is 0 Å². The largest absolute Gasteiger partial charge is 0.474 e. The fourth-order valence-electron chi connectivity index (χ4n) is 0.921. The van der Waals surface area contributed by atoms with Crippen LogP contribution in [0.4, 0.5) is 30.7 Å². The number of phosphoric acid groups is 1. The molecule has 0 radical (unpaired) electrons. The maximum atomic E-state index is 12.9. The zero-order valence-corrected chi connectivity index (χ0v) is 11.9. The summed E-state index contributed by atoms with van der Waals surface area (Å²) in [7, 11) is -3.91. The zero-order valence-electron chi connectivity index (χ0n) is 11.1. The molecule has 1 unspecified atom stereocenters. The van der Waals surface area contributed by atoms with Crippen molar-refractivity contribution in [2.45, 2.75) is 37.8 Å². The highest BCUT2D eigenvalue weighted by Gasteiger charge is 2.73. The molecule has 0 aliphatic rings. The topological polar surface area (TPSA) is 44.8 Å². The van der Waals surface area contributed by atoms with E-state index in [2.05, 4.69) is 13.6 Å². The van der Waals surface area contributed by atoms with Crippen LogP contribution in [-0.4, -0.2) is 38.3 Å². The van der Waals surface area contributed by atoms with Crippen LogP contribution in [0.3, 0.4) is 0 Å². The third-order valence-corrected chi connectivity index (χ3v) is 3.58. The number of halogens is 7. The van der Waals surface area contributed by atoms with Gasteiger partial charge in [0.15, 0.2) is 0 Å². The quantitative estimate of drug-likeness (QED) is 0.351. The second-order valence-electron chi connectivity index (χ2n) is 3.87. The van der Waals surface area contributed by atoms with Crippen molar-refractivity contribution < 1.29 is 48.9 Å². The van der Waals surface area contributed by atoms with Crippen molar-refractivity contribution in [3.05, 3.63) is 0 Å². The second-order valence-corrected chi connectivity index (χ2v) is 5.64. The van der Waals surface area contributed by atoms with E-state index in [0.717, 1.165) is 0 Å². The average molecular weight is 350 g/mol. The summed E-state index contributed by atoms with van der Waals surface area (Å²) < 4.78 is 111. The van der Waals surface area contributed by atoms with E-state index in [1.807, 2.05) is 0 Å². The van der Waals surface area contributed by atoms with Crippen molar-refractivity contribution >= 4 is 7.82 Å². The standard InChI is InChI=1S/C9H14F7O4P/c1-3-4-5-19-21(17,18-2)20-6-7(10,11)8(12,13)9(14,15)16/h3-6H2,1-2H3. The zero-order chi connectivity index (χ0) is 16.9. The van der Waals surface area contributed by atoms with E-state index in [1.54, 1.807) is 6.92 Å². The van der Waals surface area contributed by atoms with Crippen LogP contribution in [0.5, 0.6) is 0 Å². The predicted molar refractivity (Wildman–Crippen MR) is 57.4 cm³/mol. The molecule has 0 aromatic heterocycles. The smallest absolute Gasteiger partial charge is 0.290 e. The maximum absolute atomic E-state index is 12.9. The van der Waals surface area contributed by atoms with Gasteiger partial charge in [0.2, 0.25) is 0 Å². The molecule has 12 heteroatoms. The molecule has 4 nitrogen and oxygen atoms in total. The molecule has 0 aliphatic carbocycles. The van der Waals surface area contributed by atoms with E-state index >= 15 is 0 Å². The lowest BCUT2D eigenvalue weighted by Gasteiger charge is -2.28. The van der Waals surface area contributed by atoms with Gasteiger partial charge < -0.3 is 0 Å². The van der Waals surface area contributed by atoms with Gasteiger partial charge in [-0.1, -0.05) is 13.3 Å². The van der Waals surface area contributed by atoms with Gasteiger partial charge in [0.05, 0.1) is 6.61 Å². The molecule has 0 bridgehead atoms. The van der Waals surface area contributed by atoms with E-state index < -0.39 is 32.5 Å². The lowest BCUT2D eigenvalue weighted by atomic mass is 10.2. The van der Waals surface area contributed by atoms with Crippen LogP contribution < -0.4 is 0 Å². The monoisotopic (exact) mass is 350 g/mol. The van der Waals surface area contributed by atoms with Gasteiger partial charge in [0, 0.05) is 7.11 Å². The fourth-order valence-corrected chi connectivity index (χ4v) is 1.88. The van der Waals surface area contributed by atoms with E-state index in [9.17, 15) is 35.3 Å². The Balaban J connectivity index is 4.83. The van der Waals surface area contributed by atoms with Gasteiger partial charge in [-0.15, -0.1) is 0 Å². The average Bonchev–Trinajstić information content (AvgIpc) is 2.35. The molecule has 0 aliphatic heterocycles. The summed E-state index contributed by atoms with van der Waals surface area (Å²) in [5, 5.41) is 0. The molecule has 0 saturated heterocycles. The van der Waals surface area contributed by atoms with Crippen LogP contribution in [0, 0.1) is 0 Å². The minimum Gasteiger partial charge on any atom is -0.290 e. The van der Waals surface area contributed by atoms with Crippen molar-refractivity contribution in [1.82, 2.24) is 0 Å². The molecule has 0 amide bonds. The normalized spacial score (nSPS) is 16.8. The van der Waals surface area contributed by atoms with Gasteiger partial charge >= 0.3 is 25.8 Å². The minimum atomic E-state index is -6.49. The lowest BCUT2D eigenvalue weighted by Crippen LogP contribution is -2.54. The number of phosphoric ester groups is 1. The molecule has 0 fully saturated rings. The first-order valence-corrected chi connectivity index (χ1v) is 7.06. The van der Waals surface area contributed by atoms with Crippen molar-refractivity contribution in [2.24, 2.45) is 0 Å². The molecule has 0 aromatic rings. The van der Waals surface area contributed by atoms with Crippen molar-refractivity contribution in [3.8, 4) is 0 Å². The maximum Gasteiger partial charge on any atom is 0.474 e. The summed E-state index contributed by atoms with van der Waals surface area (Å²) in [4.78, 5) is 0. The Labute approximate surface area is 116 Å². The van der Waals surface area contributed by atoms with Crippen LogP contribution >= 0.6 is 7.82 Å². The minimum absolute atomic E-state index is 0.261. The van der Waals surface area contributed by atoms with Crippen molar-refractivity contribution in [2.75, 3.05) is 20.3 Å². The van der Waals surface area contributed by atoms with E-state index in [0.29, 0.717) is 20.0 Å². The third kappa shape index (κ3) is 5.39. The van der Waals surface area contributed by atoms with Crippen LogP contribution in [0.1, 0.15) is 19.8 Å². The molecular weight excluding hydrogens is 336 g/mol. The van der Waals surface area contributed by atoms with E-state index in [1.165, 1.54) is 0 Å². The Kier molecular flexibility index (Phi) is 7.12. The Morgan fingerprint density at radius 1 is 1.00 bits per heavy atom. The number of unbranched alkanes of at least 4 members (excludes halogenated alkanes) is 1. The van der Waals surface area contributed by atoms with Crippen molar-refractivity contribution in [1.29, 1.82) is 0 Å². The molecule has 0 saturated carbocycles. The first-order chi connectivity index (χ1) is 9.33. The highest BCUT2D eigenvalue weighted by molar-refractivity contribution is 7.48. The molecule has 0 rings (SSSR count). The fraction of sp³-hybridized carbons (Fsp3) is 1.00. The summed E-state index contributed by atoms with van der Waals surface area (Å²) in [6.07, 6.45) is -5.60. The molecule has 0 heterocycles. The van der Waals surface area contributed by atoms with Crippen LogP contribution in [-0.2, 0) is 18.1 Å². The number of hydrogen-bond donors (Lipinski definition) is 0. The second kappa shape index (κ2) is 7.26. The van der Waals surface area contributed by atoms with E-state index in [-0.39, 0.29) is 6.61 Å². The molecule has 0 aromatic carbocycles. The molecular formula is C9H14F7O4P. The molecule has 128 valence electrons. The molecule has 0 spiro atoms. The summed E-state index contributed by atoms with van der Waals surface area (Å²) in [6, 6.07) is 0. The summed E-state index contributed by atoms with van der Waals surface area (Å²) in [6.45, 7) is -1.03. The summed E-state index contributed by atoms with van der Waals surface area (Å²) in [5.74, 6) is -12.0. The Morgan fingerprint density at radius 2 is 1.52 bits per heavy atom. The Morgan fingerprint density at radius 3 is 1.90 bits per heavy atom. The molecule has 0 N–H and O–H groups in total. The Bertz CT molecular complexity index is 372. The predicted octanol–water partition coefficient (Wildman–Crippen LogP) is 4.41. The van der Waals surface area contributed by atoms with Crippen LogP contribution in [0.25, 0.3) is 0 Å². The number of alkyl halides is 7. The number of hydrogen-bond acceptors (Lipinski definition) is 4. The molecule has 21 heavy (non-hydrogen) atoms. The third-order valence-electron chi connectivity index (χ3n) is 2.19. The Hall–Kier alpha value is -0.380. The molecule has 1 atom stereocenters. The van der Waals surface area contributed by atoms with Gasteiger partial charge in [-0.2, -0.15) is 30.7 Å². The van der Waals surface area contributed by atoms with Gasteiger partial charge in [-0.3, -0.25) is 13.6 Å². The SMILES string of the molecule is CCCCOP(=O)(OC)OCC(F)(F)C(F)(F)C(F)(F)F. The summed E-state index contributed by atoms with van der Waals surface area (Å²) in [5.41, 5.74) is 0. The van der Waals surface area contributed by atoms with Gasteiger partial charge in [-0.05, 0) is 6.42 Å². The van der Waals surface area contributed by atoms with E-state index in [4.69, 9.17) is 0 Å². The van der Waals surface area contributed by atoms with Gasteiger partial charge in [0.1, 0.15) is 6.61 Å². The van der Waals surface area contributed by atoms with Crippen LogP contribution in [0.15, 0.2) is 0 Å². The van der Waals surface area contributed by atoms with Gasteiger partial charge in [0.25, 0.3) is 0 Å². The highest BCUT2D eigenvalue weighted by atomic mass is 31.2. The lowest BCUT2D eigenvalue weighted by molar-refractivity contribution is -0.358.